The van der Waals surface area contributed by atoms with E-state index in [2.05, 4.69) is 4.90 Å². The predicted molar refractivity (Wildman–Crippen MR) is 143 cm³/mol. The number of carbonyl (C=O) groups is 2. The van der Waals surface area contributed by atoms with Crippen molar-refractivity contribution in [2.75, 3.05) is 60.2 Å². The Morgan fingerprint density at radius 3 is 2.39 bits per heavy atom. The number of ketones is 1. The largest absolute Gasteiger partial charge is 0.507 e. The summed E-state index contributed by atoms with van der Waals surface area (Å²) in [5.74, 6) is 0.139. The Labute approximate surface area is 223 Å². The maximum atomic E-state index is 13.3. The lowest BCUT2D eigenvalue weighted by Crippen LogP contribution is -2.39. The van der Waals surface area contributed by atoms with Gasteiger partial charge < -0.3 is 29.0 Å². The maximum Gasteiger partial charge on any atom is 0.295 e. The molecule has 204 valence electrons. The molecule has 9 nitrogen and oxygen atoms in total. The summed E-state index contributed by atoms with van der Waals surface area (Å²) in [6, 6.07) is 11.3. The highest BCUT2D eigenvalue weighted by Gasteiger charge is 2.46. The Hall–Kier alpha value is -3.56. The number of aliphatic hydroxyl groups excluding tert-OH is 1. The average Bonchev–Trinajstić information content (AvgIpc) is 3.21. The fourth-order valence-corrected chi connectivity index (χ4v) is 4.84. The van der Waals surface area contributed by atoms with Crippen LogP contribution in [0.15, 0.2) is 48.0 Å². The highest BCUT2D eigenvalue weighted by atomic mass is 16.5. The number of ether oxygens (including phenoxy) is 4. The van der Waals surface area contributed by atoms with Gasteiger partial charge in [0.2, 0.25) is 0 Å². The first-order valence-electron chi connectivity index (χ1n) is 13.0. The molecule has 2 saturated heterocycles. The molecule has 1 amide bonds. The molecule has 0 radical (unpaired) electrons. The third kappa shape index (κ3) is 5.95. The molecule has 0 aromatic heterocycles. The number of methoxy groups -OCH3 is 2. The summed E-state index contributed by atoms with van der Waals surface area (Å²) in [5.41, 5.74) is 1.14. The molecule has 38 heavy (non-hydrogen) atoms. The molecule has 2 aliphatic rings. The fraction of sp³-hybridized carbons (Fsp3) is 0.448. The zero-order valence-corrected chi connectivity index (χ0v) is 22.3. The van der Waals surface area contributed by atoms with Gasteiger partial charge in [-0.2, -0.15) is 0 Å². The minimum Gasteiger partial charge on any atom is -0.507 e. The van der Waals surface area contributed by atoms with Crippen molar-refractivity contribution in [2.24, 2.45) is 0 Å². The van der Waals surface area contributed by atoms with E-state index in [1.165, 1.54) is 0 Å². The summed E-state index contributed by atoms with van der Waals surface area (Å²) < 4.78 is 22.0. The van der Waals surface area contributed by atoms with Gasteiger partial charge in [-0.3, -0.25) is 14.5 Å². The van der Waals surface area contributed by atoms with E-state index in [0.29, 0.717) is 61.2 Å². The number of carbonyl (C=O) groups excluding carboxylic acids is 2. The summed E-state index contributed by atoms with van der Waals surface area (Å²) in [6.07, 6.45) is 1.52. The SMILES string of the molecule is CCCOc1ccc([C@H]2C(=C(O)c3ccc(OC)cc3)C(=O)C(=O)N2CCCN2CCOCC2)cc1OC. The van der Waals surface area contributed by atoms with Gasteiger partial charge in [-0.15, -0.1) is 0 Å². The van der Waals surface area contributed by atoms with Crippen LogP contribution in [0.3, 0.4) is 0 Å². The van der Waals surface area contributed by atoms with Crippen LogP contribution >= 0.6 is 0 Å². The first-order valence-corrected chi connectivity index (χ1v) is 13.0. The van der Waals surface area contributed by atoms with Gasteiger partial charge in [0.1, 0.15) is 11.5 Å². The monoisotopic (exact) mass is 524 g/mol. The van der Waals surface area contributed by atoms with Crippen LogP contribution in [0.25, 0.3) is 5.76 Å². The van der Waals surface area contributed by atoms with E-state index in [9.17, 15) is 14.7 Å². The molecule has 4 rings (SSSR count). The van der Waals surface area contributed by atoms with Gasteiger partial charge in [0.15, 0.2) is 11.5 Å². The van der Waals surface area contributed by atoms with Crippen molar-refractivity contribution < 1.29 is 33.6 Å². The molecule has 1 atom stereocenters. The average molecular weight is 525 g/mol. The number of hydrogen-bond donors (Lipinski definition) is 1. The smallest absolute Gasteiger partial charge is 0.295 e. The zero-order chi connectivity index (χ0) is 27.1. The van der Waals surface area contributed by atoms with Crippen LogP contribution in [0.2, 0.25) is 0 Å². The second-order valence-corrected chi connectivity index (χ2v) is 9.29. The molecular weight excluding hydrogens is 488 g/mol. The molecule has 2 fully saturated rings. The molecule has 0 aliphatic carbocycles. The van der Waals surface area contributed by atoms with E-state index in [-0.39, 0.29) is 11.3 Å². The van der Waals surface area contributed by atoms with Crippen molar-refractivity contribution in [3.05, 3.63) is 59.2 Å². The number of nitrogens with zero attached hydrogens (tertiary/aromatic N) is 2. The van der Waals surface area contributed by atoms with Gasteiger partial charge in [-0.05, 0) is 54.8 Å². The van der Waals surface area contributed by atoms with Crippen LogP contribution in [0.5, 0.6) is 17.2 Å². The van der Waals surface area contributed by atoms with Crippen molar-refractivity contribution in [3.8, 4) is 17.2 Å². The molecule has 2 aromatic carbocycles. The van der Waals surface area contributed by atoms with E-state index >= 15 is 0 Å². The van der Waals surface area contributed by atoms with Crippen molar-refractivity contribution in [3.63, 3.8) is 0 Å². The summed E-state index contributed by atoms with van der Waals surface area (Å²) in [4.78, 5) is 30.5. The fourth-order valence-electron chi connectivity index (χ4n) is 4.84. The van der Waals surface area contributed by atoms with Crippen LogP contribution in [-0.2, 0) is 14.3 Å². The Bertz CT molecular complexity index is 1160. The van der Waals surface area contributed by atoms with Gasteiger partial charge in [-0.1, -0.05) is 13.0 Å². The van der Waals surface area contributed by atoms with E-state index in [1.54, 1.807) is 55.5 Å². The number of Topliss-reactive ketones (excluding diaryl/α,β-unsaturated/α-hetero) is 1. The molecule has 2 aromatic rings. The molecule has 2 heterocycles. The molecular formula is C29H36N2O7. The first kappa shape index (κ1) is 27.5. The summed E-state index contributed by atoms with van der Waals surface area (Å²) >= 11 is 0. The van der Waals surface area contributed by atoms with Gasteiger partial charge in [-0.25, -0.2) is 0 Å². The minimum absolute atomic E-state index is 0.0517. The Morgan fingerprint density at radius 1 is 1.00 bits per heavy atom. The minimum atomic E-state index is -0.768. The topological polar surface area (TPSA) is 97.8 Å². The van der Waals surface area contributed by atoms with Crippen molar-refractivity contribution in [2.45, 2.75) is 25.8 Å². The zero-order valence-electron chi connectivity index (χ0n) is 22.3. The number of aliphatic hydroxyl groups is 1. The third-order valence-electron chi connectivity index (χ3n) is 6.85. The van der Waals surface area contributed by atoms with Gasteiger partial charge >= 0.3 is 0 Å². The number of morpholine rings is 1. The molecule has 0 saturated carbocycles. The van der Waals surface area contributed by atoms with Crippen LogP contribution in [0, 0.1) is 0 Å². The van der Waals surface area contributed by atoms with E-state index in [1.807, 2.05) is 13.0 Å². The Balaban J connectivity index is 1.71. The van der Waals surface area contributed by atoms with Gasteiger partial charge in [0.25, 0.3) is 11.7 Å². The van der Waals surface area contributed by atoms with Crippen LogP contribution in [-0.4, -0.2) is 86.8 Å². The van der Waals surface area contributed by atoms with Crippen molar-refractivity contribution >= 4 is 17.4 Å². The Morgan fingerprint density at radius 2 is 1.74 bits per heavy atom. The molecule has 1 N–H and O–H groups in total. The third-order valence-corrected chi connectivity index (χ3v) is 6.85. The summed E-state index contributed by atoms with van der Waals surface area (Å²) in [5, 5.41) is 11.3. The second-order valence-electron chi connectivity index (χ2n) is 9.29. The molecule has 0 unspecified atom stereocenters. The van der Waals surface area contributed by atoms with E-state index in [4.69, 9.17) is 18.9 Å². The van der Waals surface area contributed by atoms with Crippen LogP contribution in [0.1, 0.15) is 36.9 Å². The normalized spacial score (nSPS) is 19.6. The lowest BCUT2D eigenvalue weighted by Gasteiger charge is -2.29. The van der Waals surface area contributed by atoms with E-state index in [0.717, 1.165) is 26.1 Å². The molecule has 2 aliphatic heterocycles. The number of amides is 1. The quantitative estimate of drug-likeness (QED) is 0.270. The second kappa shape index (κ2) is 12.8. The maximum absolute atomic E-state index is 13.3. The highest BCUT2D eigenvalue weighted by Crippen LogP contribution is 2.42. The number of likely N-dealkylation sites (tertiary alicyclic amines) is 1. The number of rotatable bonds is 11. The van der Waals surface area contributed by atoms with Gasteiger partial charge in [0.05, 0.1) is 45.7 Å². The summed E-state index contributed by atoms with van der Waals surface area (Å²) in [7, 11) is 3.10. The summed E-state index contributed by atoms with van der Waals surface area (Å²) in [6.45, 7) is 6.77. The molecule has 9 heteroatoms. The Kier molecular flexibility index (Phi) is 9.25. The van der Waals surface area contributed by atoms with Crippen molar-refractivity contribution in [1.82, 2.24) is 9.80 Å². The van der Waals surface area contributed by atoms with Crippen LogP contribution in [0.4, 0.5) is 0 Å². The number of benzene rings is 2. The highest BCUT2D eigenvalue weighted by molar-refractivity contribution is 6.46. The van der Waals surface area contributed by atoms with Gasteiger partial charge in [0, 0.05) is 31.7 Å². The molecule has 0 spiro atoms. The predicted octanol–water partition coefficient (Wildman–Crippen LogP) is 3.64. The lowest BCUT2D eigenvalue weighted by molar-refractivity contribution is -0.140. The molecule has 0 bridgehead atoms. The first-order chi connectivity index (χ1) is 18.5. The number of hydrogen-bond acceptors (Lipinski definition) is 8. The van der Waals surface area contributed by atoms with E-state index < -0.39 is 17.7 Å². The lowest BCUT2D eigenvalue weighted by atomic mass is 9.95. The standard InChI is InChI=1S/C29H36N2O7/c1-4-16-38-23-11-8-21(19-24(23)36-3)26-25(27(32)20-6-9-22(35-2)10-7-20)28(33)29(34)31(26)13-5-12-30-14-17-37-18-15-30/h6-11,19,26,32H,4-5,12-18H2,1-3H3/t26-/m0/s1. The van der Waals surface area contributed by atoms with Crippen molar-refractivity contribution in [1.29, 1.82) is 0 Å². The van der Waals surface area contributed by atoms with Crippen LogP contribution < -0.4 is 14.2 Å².